The first-order valence-corrected chi connectivity index (χ1v) is 25.5. The number of phenols is 1. The van der Waals surface area contributed by atoms with Crippen molar-refractivity contribution in [3.05, 3.63) is 136 Å². The summed E-state index contributed by atoms with van der Waals surface area (Å²) < 4.78 is 17.0. The maximum absolute atomic E-state index is 13.5. The molecule has 0 bridgehead atoms. The molecule has 75 heavy (non-hydrogen) atoms. The Kier molecular flexibility index (Phi) is 14.5. The number of nitrogens with one attached hydrogen (secondary N) is 6. The summed E-state index contributed by atoms with van der Waals surface area (Å²) in [4.78, 5) is 104. The molecule has 2 aromatic heterocycles. The van der Waals surface area contributed by atoms with E-state index in [0.717, 1.165) is 24.4 Å². The van der Waals surface area contributed by atoms with Crippen LogP contribution < -0.4 is 58.4 Å². The molecule has 0 unspecified atom stereocenters. The first kappa shape index (κ1) is 51.7. The number of methoxy groups -OCH3 is 1. The zero-order valence-corrected chi connectivity index (χ0v) is 42.7. The normalized spacial score (nSPS) is 17.6. The number of ether oxygens (including phenoxy) is 1. The minimum atomic E-state index is -0.708. The van der Waals surface area contributed by atoms with E-state index in [4.69, 9.17) is 13.6 Å². The highest BCUT2D eigenvalue weighted by Crippen LogP contribution is 2.42. The van der Waals surface area contributed by atoms with Crippen LogP contribution in [-0.4, -0.2) is 84.9 Å². The van der Waals surface area contributed by atoms with Gasteiger partial charge in [-0.05, 0) is 114 Å². The zero-order valence-electron chi connectivity index (χ0n) is 42.7. The molecule has 10 rings (SSSR count). The molecule has 2 spiro atoms. The lowest BCUT2D eigenvalue weighted by Crippen LogP contribution is -2.46. The van der Waals surface area contributed by atoms with Crippen LogP contribution >= 0.6 is 0 Å². The van der Waals surface area contributed by atoms with Crippen LogP contribution in [0.15, 0.2) is 88.7 Å². The molecule has 0 saturated carbocycles. The van der Waals surface area contributed by atoms with Gasteiger partial charge in [0.2, 0.25) is 11.8 Å². The van der Waals surface area contributed by atoms with E-state index in [1.54, 1.807) is 34.1 Å². The van der Waals surface area contributed by atoms with Gasteiger partial charge in [-0.2, -0.15) is 0 Å². The second-order valence-corrected chi connectivity index (χ2v) is 19.9. The van der Waals surface area contributed by atoms with Gasteiger partial charge < -0.3 is 60.4 Å². The molecule has 20 nitrogen and oxygen atoms in total. The van der Waals surface area contributed by atoms with Gasteiger partial charge in [0.05, 0.1) is 52.5 Å². The third-order valence-corrected chi connectivity index (χ3v) is 15.5. The fourth-order valence-corrected chi connectivity index (χ4v) is 10.8. The highest BCUT2D eigenvalue weighted by atomic mass is 16.5. The Labute approximate surface area is 431 Å². The molecule has 2 atom stereocenters. The Morgan fingerprint density at radius 3 is 1.41 bits per heavy atom. The Balaban J connectivity index is 0.000000184. The number of carbonyl (C=O) groups is 4. The third kappa shape index (κ3) is 9.76. The molecular formula is C55H62N8O12. The van der Waals surface area contributed by atoms with Crippen molar-refractivity contribution in [2.75, 3.05) is 67.6 Å². The molecule has 4 amide bonds. The van der Waals surface area contributed by atoms with Crippen molar-refractivity contribution < 1.29 is 37.9 Å². The maximum atomic E-state index is 13.5. The predicted molar refractivity (Wildman–Crippen MR) is 281 cm³/mol. The number of nitrogens with zero attached hydrogens (tertiary/aromatic N) is 2. The van der Waals surface area contributed by atoms with Gasteiger partial charge in [0.1, 0.15) is 45.8 Å². The van der Waals surface area contributed by atoms with Gasteiger partial charge in [-0.3, -0.25) is 38.4 Å². The molecule has 4 aliphatic heterocycles. The largest absolute Gasteiger partial charge is 0.505 e. The fourth-order valence-electron chi connectivity index (χ4n) is 10.8. The van der Waals surface area contributed by atoms with E-state index in [2.05, 4.69) is 31.9 Å². The zero-order chi connectivity index (χ0) is 53.3. The average molecular weight is 1030 g/mol. The standard InChI is InChI=1S/C28H32N4O6.C27H30N4O6/c1-4-18(20-9-8-16(2)38-20)30-21-22(24(34)23(21)33)31-19-7-5-6-17(25(19)37-3)26(35)32-14-11-28(12-15-32)10-13-29-27(28)36;1-3-17(19-8-7-15(2)37-19)29-20-21(24(34)23(20)33)30-18-6-4-5-16(22(18)32)25(35)31-13-10-27(11-14-31)9-12-28-26(27)36/h5-9,18,30-31H,4,10-15H2,1-3H3,(H,29,36);4-8,17,29-30,32H,3,9-14H2,1-2H3,(H,28,36)/t18-;17-/m11/s1. The molecule has 0 radical (unpaired) electrons. The summed E-state index contributed by atoms with van der Waals surface area (Å²) in [6, 6.07) is 16.5. The average Bonchev–Trinajstić information content (AvgIpc) is 4.23. The highest BCUT2D eigenvalue weighted by Gasteiger charge is 2.46. The van der Waals surface area contributed by atoms with Crippen LogP contribution in [0.5, 0.6) is 11.5 Å². The number of benzene rings is 2. The molecule has 7 N–H and O–H groups in total. The van der Waals surface area contributed by atoms with Crippen molar-refractivity contribution in [2.45, 2.75) is 91.1 Å². The Bertz CT molecular complexity index is 3300. The number of piperidine rings is 2. The molecule has 0 aliphatic carbocycles. The Hall–Kier alpha value is -8.16. The maximum Gasteiger partial charge on any atom is 0.257 e. The van der Waals surface area contributed by atoms with Gasteiger partial charge in [0.15, 0.2) is 11.5 Å². The lowest BCUT2D eigenvalue weighted by atomic mass is 9.77. The number of aryl methyl sites for hydroxylation is 2. The molecule has 4 saturated heterocycles. The van der Waals surface area contributed by atoms with E-state index in [-0.39, 0.29) is 86.6 Å². The molecule has 394 valence electrons. The number of hydrogen-bond acceptors (Lipinski definition) is 16. The van der Waals surface area contributed by atoms with E-state index in [1.165, 1.54) is 19.2 Å². The van der Waals surface area contributed by atoms with Crippen molar-refractivity contribution >= 4 is 57.8 Å². The van der Waals surface area contributed by atoms with Gasteiger partial charge in [-0.25, -0.2) is 0 Å². The number of aromatic hydroxyl groups is 1. The summed E-state index contributed by atoms with van der Waals surface area (Å²) in [5, 5.41) is 28.8. The minimum Gasteiger partial charge on any atom is -0.505 e. The van der Waals surface area contributed by atoms with Crippen LogP contribution in [0, 0.1) is 24.7 Å². The van der Waals surface area contributed by atoms with Crippen LogP contribution in [0.4, 0.5) is 34.1 Å². The van der Waals surface area contributed by atoms with E-state index < -0.39 is 27.1 Å². The number of amides is 4. The number of likely N-dealkylation sites (tertiary alicyclic amines) is 2. The summed E-state index contributed by atoms with van der Waals surface area (Å²) in [6.07, 6.45) is 5.22. The number of phenolic OH excluding ortho intramolecular Hbond substituents is 1. The SMILES string of the molecule is CC[C@@H](Nc1c(Nc2cccc(C(=O)N3CCC4(CCNC4=O)CC3)c2O)c(=O)c1=O)c1ccc(C)o1.CC[C@@H](Nc1c(Nc2cccc(C(=O)N3CCC4(CCNC4=O)CC3)c2OC)c(=O)c1=O)c1ccc(C)o1. The van der Waals surface area contributed by atoms with Gasteiger partial charge in [-0.1, -0.05) is 26.0 Å². The smallest absolute Gasteiger partial charge is 0.257 e. The number of carbonyl (C=O) groups excluding carboxylic acids is 4. The van der Waals surface area contributed by atoms with E-state index in [1.807, 2.05) is 52.0 Å². The summed E-state index contributed by atoms with van der Waals surface area (Å²) in [7, 11) is 1.46. The van der Waals surface area contributed by atoms with Gasteiger partial charge >= 0.3 is 0 Å². The van der Waals surface area contributed by atoms with E-state index in [9.17, 15) is 43.5 Å². The summed E-state index contributed by atoms with van der Waals surface area (Å²) >= 11 is 0. The molecule has 4 fully saturated rings. The minimum absolute atomic E-state index is 0.0267. The Morgan fingerprint density at radius 1 is 0.600 bits per heavy atom. The van der Waals surface area contributed by atoms with Crippen molar-refractivity contribution in [1.29, 1.82) is 0 Å². The van der Waals surface area contributed by atoms with Crippen molar-refractivity contribution in [2.24, 2.45) is 10.8 Å². The van der Waals surface area contributed by atoms with Crippen molar-refractivity contribution in [3.8, 4) is 11.5 Å². The van der Waals surface area contributed by atoms with Crippen LogP contribution in [0.1, 0.15) is 121 Å². The van der Waals surface area contributed by atoms with Crippen molar-refractivity contribution in [3.63, 3.8) is 0 Å². The number of anilines is 6. The second kappa shape index (κ2) is 21.0. The third-order valence-electron chi connectivity index (χ3n) is 15.5. The van der Waals surface area contributed by atoms with Crippen LogP contribution in [-0.2, 0) is 9.59 Å². The van der Waals surface area contributed by atoms with Gasteiger partial charge in [-0.15, -0.1) is 0 Å². The summed E-state index contributed by atoms with van der Waals surface area (Å²) in [5.74, 6) is 2.37. The van der Waals surface area contributed by atoms with E-state index in [0.29, 0.717) is 101 Å². The van der Waals surface area contributed by atoms with Gasteiger partial charge in [0.25, 0.3) is 33.5 Å². The number of furan rings is 2. The fraction of sp³-hybridized carbons (Fsp3) is 0.418. The van der Waals surface area contributed by atoms with E-state index >= 15 is 0 Å². The lowest BCUT2D eigenvalue weighted by Gasteiger charge is -2.37. The molecule has 4 aromatic carbocycles. The number of para-hydroxylation sites is 2. The quantitative estimate of drug-likeness (QED) is 0.0447. The number of hydrogen-bond donors (Lipinski definition) is 7. The first-order chi connectivity index (χ1) is 36.0. The first-order valence-electron chi connectivity index (χ1n) is 25.5. The Morgan fingerprint density at radius 2 is 1.01 bits per heavy atom. The molecule has 4 aliphatic rings. The molecule has 20 heteroatoms. The van der Waals surface area contributed by atoms with Crippen molar-refractivity contribution in [1.82, 2.24) is 20.4 Å². The number of rotatable bonds is 15. The summed E-state index contributed by atoms with van der Waals surface area (Å²) in [5.41, 5.74) is -2.00. The molecule has 6 aromatic rings. The van der Waals surface area contributed by atoms with Gasteiger partial charge in [0, 0.05) is 39.3 Å². The predicted octanol–water partition coefficient (Wildman–Crippen LogP) is 6.18. The second-order valence-electron chi connectivity index (χ2n) is 19.9. The highest BCUT2D eigenvalue weighted by molar-refractivity contribution is 6.01. The molecular weight excluding hydrogens is 965 g/mol. The lowest BCUT2D eigenvalue weighted by molar-refractivity contribution is -0.130. The monoisotopic (exact) mass is 1030 g/mol. The summed E-state index contributed by atoms with van der Waals surface area (Å²) in [6.45, 7) is 10.7. The van der Waals surface area contributed by atoms with Crippen LogP contribution in [0.25, 0.3) is 0 Å². The topological polar surface area (TPSA) is 271 Å². The molecule has 6 heterocycles. The van der Waals surface area contributed by atoms with Crippen LogP contribution in [0.2, 0.25) is 0 Å². The van der Waals surface area contributed by atoms with Crippen LogP contribution in [0.3, 0.4) is 0 Å².